The van der Waals surface area contributed by atoms with Gasteiger partial charge in [-0.1, -0.05) is 50.5 Å². The second-order valence-corrected chi connectivity index (χ2v) is 5.68. The molecule has 0 saturated heterocycles. The molecule has 1 saturated carbocycles. The van der Waals surface area contributed by atoms with Crippen molar-refractivity contribution in [1.82, 2.24) is 0 Å². The Kier molecular flexibility index (Phi) is 4.26. The second-order valence-electron chi connectivity index (χ2n) is 5.68. The van der Waals surface area contributed by atoms with Gasteiger partial charge >= 0.3 is 0 Å². The van der Waals surface area contributed by atoms with Crippen LogP contribution >= 0.6 is 0 Å². The summed E-state index contributed by atoms with van der Waals surface area (Å²) in [6.07, 6.45) is 16.9. The van der Waals surface area contributed by atoms with Gasteiger partial charge in [-0.15, -0.1) is 0 Å². The van der Waals surface area contributed by atoms with Crippen LogP contribution in [0.2, 0.25) is 0 Å². The molecule has 2 aliphatic carbocycles. The van der Waals surface area contributed by atoms with Crippen LogP contribution in [0.15, 0.2) is 23.8 Å². The molecular weight excluding hydrogens is 192 g/mol. The van der Waals surface area contributed by atoms with Gasteiger partial charge in [0.15, 0.2) is 0 Å². The minimum absolute atomic E-state index is 0.905. The van der Waals surface area contributed by atoms with Crippen LogP contribution in [0.1, 0.15) is 58.8 Å². The number of rotatable bonds is 3. The largest absolute Gasteiger partial charge is 0.0845 e. The summed E-state index contributed by atoms with van der Waals surface area (Å²) in [5.41, 5.74) is 1.79. The summed E-state index contributed by atoms with van der Waals surface area (Å²) in [6, 6.07) is 0. The van der Waals surface area contributed by atoms with Gasteiger partial charge in [0.2, 0.25) is 0 Å². The number of allylic oxidation sites excluding steroid dienone is 4. The van der Waals surface area contributed by atoms with Crippen molar-refractivity contribution in [3.05, 3.63) is 23.8 Å². The van der Waals surface area contributed by atoms with Crippen LogP contribution in [0.4, 0.5) is 0 Å². The van der Waals surface area contributed by atoms with E-state index in [-0.39, 0.29) is 0 Å². The molecule has 0 N–H and O–H groups in total. The van der Waals surface area contributed by atoms with E-state index in [4.69, 9.17) is 0 Å². The molecule has 0 radical (unpaired) electrons. The number of hydrogen-bond acceptors (Lipinski definition) is 0. The highest BCUT2D eigenvalue weighted by Gasteiger charge is 2.34. The molecule has 0 nitrogen and oxygen atoms in total. The van der Waals surface area contributed by atoms with Gasteiger partial charge in [0, 0.05) is 0 Å². The van der Waals surface area contributed by atoms with Gasteiger partial charge in [-0.05, 0) is 49.9 Å². The number of unbranched alkanes of at least 4 members (excludes halogenated alkanes) is 1. The molecule has 0 spiro atoms. The predicted octanol–water partition coefficient (Wildman–Crippen LogP) is 5.12. The Morgan fingerprint density at radius 1 is 1.38 bits per heavy atom. The van der Waals surface area contributed by atoms with Crippen molar-refractivity contribution in [3.63, 3.8) is 0 Å². The molecule has 0 aromatic heterocycles. The van der Waals surface area contributed by atoms with E-state index < -0.39 is 0 Å². The maximum atomic E-state index is 2.47. The molecule has 0 bridgehead atoms. The molecule has 0 aromatic rings. The quantitative estimate of drug-likeness (QED) is 0.617. The summed E-state index contributed by atoms with van der Waals surface area (Å²) in [4.78, 5) is 0. The van der Waals surface area contributed by atoms with Crippen molar-refractivity contribution in [2.75, 3.05) is 0 Å². The van der Waals surface area contributed by atoms with E-state index in [2.05, 4.69) is 32.1 Å². The Labute approximate surface area is 101 Å². The van der Waals surface area contributed by atoms with E-state index >= 15 is 0 Å². The second kappa shape index (κ2) is 5.70. The van der Waals surface area contributed by atoms with Gasteiger partial charge in [-0.25, -0.2) is 0 Å². The molecule has 0 heterocycles. The van der Waals surface area contributed by atoms with Crippen molar-refractivity contribution < 1.29 is 0 Å². The lowest BCUT2D eigenvalue weighted by molar-refractivity contribution is 0.413. The molecule has 3 atom stereocenters. The highest BCUT2D eigenvalue weighted by molar-refractivity contribution is 5.23. The third kappa shape index (κ3) is 2.59. The third-order valence-electron chi connectivity index (χ3n) is 4.46. The van der Waals surface area contributed by atoms with E-state index in [0.717, 1.165) is 17.8 Å². The Balaban J connectivity index is 2.10. The van der Waals surface area contributed by atoms with E-state index in [0.29, 0.717) is 0 Å². The summed E-state index contributed by atoms with van der Waals surface area (Å²) in [6.45, 7) is 4.78. The number of hydrogen-bond donors (Lipinski definition) is 0. The zero-order chi connectivity index (χ0) is 11.4. The first-order valence-electron chi connectivity index (χ1n) is 7.19. The molecule has 1 fully saturated rings. The maximum Gasteiger partial charge on any atom is -0.0171 e. The van der Waals surface area contributed by atoms with Crippen molar-refractivity contribution in [1.29, 1.82) is 0 Å². The van der Waals surface area contributed by atoms with E-state index in [1.54, 1.807) is 5.57 Å². The highest BCUT2D eigenvalue weighted by atomic mass is 14.4. The smallest absolute Gasteiger partial charge is 0.0171 e. The number of fused-ring (bicyclic) bond motifs is 1. The first kappa shape index (κ1) is 12.0. The monoisotopic (exact) mass is 218 g/mol. The van der Waals surface area contributed by atoms with Crippen molar-refractivity contribution >= 4 is 0 Å². The molecule has 90 valence electrons. The fourth-order valence-electron chi connectivity index (χ4n) is 3.56. The van der Waals surface area contributed by atoms with Crippen molar-refractivity contribution in [3.8, 4) is 0 Å². The topological polar surface area (TPSA) is 0 Å². The van der Waals surface area contributed by atoms with Gasteiger partial charge in [-0.3, -0.25) is 0 Å². The van der Waals surface area contributed by atoms with Crippen LogP contribution in [0.5, 0.6) is 0 Å². The van der Waals surface area contributed by atoms with Gasteiger partial charge < -0.3 is 0 Å². The summed E-state index contributed by atoms with van der Waals surface area (Å²) in [5.74, 6) is 2.74. The minimum Gasteiger partial charge on any atom is -0.0845 e. The van der Waals surface area contributed by atoms with Gasteiger partial charge in [0.25, 0.3) is 0 Å². The zero-order valence-electron chi connectivity index (χ0n) is 10.9. The lowest BCUT2D eigenvalue weighted by Gasteiger charge is -2.19. The molecule has 0 amide bonds. The van der Waals surface area contributed by atoms with Crippen molar-refractivity contribution in [2.24, 2.45) is 17.8 Å². The Bertz CT molecular complexity index is 272. The minimum atomic E-state index is 0.905. The van der Waals surface area contributed by atoms with E-state index in [1.807, 2.05) is 0 Å². The lowest BCUT2D eigenvalue weighted by atomic mass is 9.86. The molecule has 0 heteroatoms. The lowest BCUT2D eigenvalue weighted by Crippen LogP contribution is -2.07. The molecule has 3 unspecified atom stereocenters. The first-order valence-corrected chi connectivity index (χ1v) is 7.19. The fraction of sp³-hybridized carbons (Fsp3) is 0.750. The van der Waals surface area contributed by atoms with Crippen LogP contribution in [-0.4, -0.2) is 0 Å². The SMILES string of the molecule is CCCCC1CC(C)C2CCC/C=C\C=C12. The summed E-state index contributed by atoms with van der Waals surface area (Å²) in [5, 5.41) is 0. The Hall–Kier alpha value is -0.520. The first-order chi connectivity index (χ1) is 7.83. The summed E-state index contributed by atoms with van der Waals surface area (Å²) >= 11 is 0. The van der Waals surface area contributed by atoms with E-state index in [1.165, 1.54) is 44.9 Å². The van der Waals surface area contributed by atoms with Crippen LogP contribution in [0, 0.1) is 17.8 Å². The molecule has 16 heavy (non-hydrogen) atoms. The van der Waals surface area contributed by atoms with Gasteiger partial charge in [0.1, 0.15) is 0 Å². The van der Waals surface area contributed by atoms with Crippen LogP contribution in [0.25, 0.3) is 0 Å². The molecule has 2 aliphatic rings. The van der Waals surface area contributed by atoms with Gasteiger partial charge in [0.05, 0.1) is 0 Å². The van der Waals surface area contributed by atoms with Crippen molar-refractivity contribution in [2.45, 2.75) is 58.8 Å². The van der Waals surface area contributed by atoms with E-state index in [9.17, 15) is 0 Å². The summed E-state index contributed by atoms with van der Waals surface area (Å²) in [7, 11) is 0. The van der Waals surface area contributed by atoms with Gasteiger partial charge in [-0.2, -0.15) is 0 Å². The summed E-state index contributed by atoms with van der Waals surface area (Å²) < 4.78 is 0. The standard InChI is InChI=1S/C16H26/c1-3-4-9-14-12-13(2)15-10-7-5-6-8-11-16(14)15/h6,8,11,13-15H,3-5,7,9-10,12H2,1-2H3/b8-6-,16-11?. The Morgan fingerprint density at radius 2 is 2.25 bits per heavy atom. The predicted molar refractivity (Wildman–Crippen MR) is 71.4 cm³/mol. The molecule has 2 rings (SSSR count). The fourth-order valence-corrected chi connectivity index (χ4v) is 3.56. The molecule has 0 aromatic carbocycles. The average Bonchev–Trinajstić information content (AvgIpc) is 2.51. The maximum absolute atomic E-state index is 2.47. The van der Waals surface area contributed by atoms with Crippen LogP contribution in [-0.2, 0) is 0 Å². The zero-order valence-corrected chi connectivity index (χ0v) is 10.9. The van der Waals surface area contributed by atoms with Crippen LogP contribution < -0.4 is 0 Å². The average molecular weight is 218 g/mol. The third-order valence-corrected chi connectivity index (χ3v) is 4.46. The molecule has 0 aliphatic heterocycles. The normalized spacial score (nSPS) is 36.1. The Morgan fingerprint density at radius 3 is 3.06 bits per heavy atom. The molecular formula is C16H26. The van der Waals surface area contributed by atoms with Crippen LogP contribution in [0.3, 0.4) is 0 Å². The highest BCUT2D eigenvalue weighted by Crippen LogP contribution is 2.46.